The van der Waals surface area contributed by atoms with Crippen molar-refractivity contribution in [2.45, 2.75) is 11.8 Å². The van der Waals surface area contributed by atoms with Gasteiger partial charge in [-0.3, -0.25) is 0 Å². The van der Waals surface area contributed by atoms with Crippen LogP contribution in [0.15, 0.2) is 32.0 Å². The van der Waals surface area contributed by atoms with Gasteiger partial charge < -0.3 is 4.74 Å². The minimum absolute atomic E-state index is 0.121. The summed E-state index contributed by atoms with van der Waals surface area (Å²) in [6.45, 7) is 2.78. The lowest BCUT2D eigenvalue weighted by molar-refractivity contribution is 0.161. The van der Waals surface area contributed by atoms with E-state index in [1.807, 2.05) is 6.92 Å². The van der Waals surface area contributed by atoms with E-state index in [1.54, 1.807) is 25.3 Å². The molecule has 1 atom stereocenters. The third kappa shape index (κ3) is 4.62. The quantitative estimate of drug-likeness (QED) is 0.798. The minimum atomic E-state index is -3.51. The molecule has 1 aromatic rings. The van der Waals surface area contributed by atoms with Crippen LogP contribution in [0.2, 0.25) is 0 Å². The molecular weight excluding hydrogens is 386 g/mol. The number of nitrogens with one attached hydrogen (secondary N) is 1. The number of hydrogen-bond donors (Lipinski definition) is 1. The first-order valence-electron chi connectivity index (χ1n) is 5.30. The molecule has 7 heteroatoms. The lowest BCUT2D eigenvalue weighted by Crippen LogP contribution is -2.30. The molecule has 1 rings (SSSR count). The Morgan fingerprint density at radius 3 is 2.67 bits per heavy atom. The van der Waals surface area contributed by atoms with Crippen molar-refractivity contribution in [2.75, 3.05) is 20.3 Å². The van der Waals surface area contributed by atoms with Gasteiger partial charge in [-0.25, -0.2) is 13.1 Å². The van der Waals surface area contributed by atoms with Crippen LogP contribution in [0.5, 0.6) is 0 Å². The second-order valence-electron chi connectivity index (χ2n) is 3.99. The fraction of sp³-hybridized carbons (Fsp3) is 0.455. The molecule has 18 heavy (non-hydrogen) atoms. The van der Waals surface area contributed by atoms with E-state index in [2.05, 4.69) is 36.6 Å². The summed E-state index contributed by atoms with van der Waals surface area (Å²) in [4.78, 5) is 0.224. The molecule has 0 aliphatic rings. The first-order valence-corrected chi connectivity index (χ1v) is 8.37. The van der Waals surface area contributed by atoms with E-state index in [-0.39, 0.29) is 10.8 Å². The third-order valence-electron chi connectivity index (χ3n) is 2.26. The highest BCUT2D eigenvalue weighted by molar-refractivity contribution is 9.11. The van der Waals surface area contributed by atoms with Gasteiger partial charge in [0.2, 0.25) is 10.0 Å². The second kappa shape index (κ2) is 7.00. The summed E-state index contributed by atoms with van der Waals surface area (Å²) in [5.41, 5.74) is 0. The summed E-state index contributed by atoms with van der Waals surface area (Å²) in [6, 6.07) is 5.03. The normalized spacial score (nSPS) is 13.6. The molecule has 0 amide bonds. The van der Waals surface area contributed by atoms with Crippen LogP contribution in [-0.4, -0.2) is 28.7 Å². The van der Waals surface area contributed by atoms with Gasteiger partial charge in [-0.2, -0.15) is 0 Å². The fourth-order valence-electron chi connectivity index (χ4n) is 1.36. The van der Waals surface area contributed by atoms with Crippen LogP contribution in [0.1, 0.15) is 6.92 Å². The van der Waals surface area contributed by atoms with Gasteiger partial charge in [0, 0.05) is 29.2 Å². The van der Waals surface area contributed by atoms with Crippen LogP contribution in [0.25, 0.3) is 0 Å². The largest absolute Gasteiger partial charge is 0.384 e. The second-order valence-corrected chi connectivity index (χ2v) is 7.49. The SMILES string of the molecule is COCC(C)CNS(=O)(=O)c1cc(Br)ccc1Br. The number of ether oxygens (including phenoxy) is 1. The Morgan fingerprint density at radius 2 is 2.06 bits per heavy atom. The molecule has 0 aliphatic heterocycles. The minimum Gasteiger partial charge on any atom is -0.384 e. The molecule has 0 aliphatic carbocycles. The van der Waals surface area contributed by atoms with Gasteiger partial charge in [0.1, 0.15) is 0 Å². The molecular formula is C11H15Br2NO3S. The summed E-state index contributed by atoms with van der Waals surface area (Å²) in [5.74, 6) is 0.121. The molecule has 1 unspecified atom stereocenters. The van der Waals surface area contributed by atoms with Crippen molar-refractivity contribution in [3.63, 3.8) is 0 Å². The molecule has 0 saturated carbocycles. The Labute approximate surface area is 124 Å². The number of rotatable bonds is 6. The zero-order valence-corrected chi connectivity index (χ0v) is 14.1. The number of benzene rings is 1. The van der Waals surface area contributed by atoms with Crippen molar-refractivity contribution >= 4 is 41.9 Å². The van der Waals surface area contributed by atoms with Crippen molar-refractivity contribution in [3.8, 4) is 0 Å². The summed E-state index contributed by atoms with van der Waals surface area (Å²) >= 11 is 6.50. The van der Waals surface area contributed by atoms with E-state index < -0.39 is 10.0 Å². The Kier molecular flexibility index (Phi) is 6.26. The molecule has 102 valence electrons. The molecule has 0 radical (unpaired) electrons. The van der Waals surface area contributed by atoms with Crippen molar-refractivity contribution in [2.24, 2.45) is 5.92 Å². The summed E-state index contributed by atoms with van der Waals surface area (Å²) in [6.07, 6.45) is 0. The maximum atomic E-state index is 12.1. The van der Waals surface area contributed by atoms with Crippen LogP contribution in [0.3, 0.4) is 0 Å². The molecule has 0 heterocycles. The zero-order chi connectivity index (χ0) is 13.8. The fourth-order valence-corrected chi connectivity index (χ4v) is 4.02. The van der Waals surface area contributed by atoms with E-state index in [0.717, 1.165) is 4.47 Å². The molecule has 0 saturated heterocycles. The lowest BCUT2D eigenvalue weighted by Gasteiger charge is -2.13. The zero-order valence-electron chi connectivity index (χ0n) is 10.1. The van der Waals surface area contributed by atoms with Crippen molar-refractivity contribution < 1.29 is 13.2 Å². The predicted molar refractivity (Wildman–Crippen MR) is 78.1 cm³/mol. The molecule has 0 fully saturated rings. The van der Waals surface area contributed by atoms with Gasteiger partial charge in [-0.15, -0.1) is 0 Å². The maximum Gasteiger partial charge on any atom is 0.241 e. The highest BCUT2D eigenvalue weighted by Crippen LogP contribution is 2.25. The maximum absolute atomic E-state index is 12.1. The van der Waals surface area contributed by atoms with E-state index in [9.17, 15) is 8.42 Å². The first kappa shape index (κ1) is 16.1. The molecule has 0 spiro atoms. The van der Waals surface area contributed by atoms with Gasteiger partial charge >= 0.3 is 0 Å². The molecule has 0 aromatic heterocycles. The number of halogens is 2. The van der Waals surface area contributed by atoms with Crippen molar-refractivity contribution in [1.29, 1.82) is 0 Å². The number of sulfonamides is 1. The summed E-state index contributed by atoms with van der Waals surface area (Å²) in [7, 11) is -1.92. The number of hydrogen-bond acceptors (Lipinski definition) is 3. The van der Waals surface area contributed by atoms with Crippen LogP contribution < -0.4 is 4.72 Å². The summed E-state index contributed by atoms with van der Waals surface area (Å²) in [5, 5.41) is 0. The van der Waals surface area contributed by atoms with Crippen molar-refractivity contribution in [3.05, 3.63) is 27.1 Å². The molecule has 0 bridgehead atoms. The van der Waals surface area contributed by atoms with Crippen LogP contribution in [-0.2, 0) is 14.8 Å². The van der Waals surface area contributed by atoms with E-state index >= 15 is 0 Å². The topological polar surface area (TPSA) is 55.4 Å². The Bertz CT molecular complexity index is 505. The first-order chi connectivity index (χ1) is 8.36. The third-order valence-corrected chi connectivity index (χ3v) is 5.17. The standard InChI is InChI=1S/C11H15Br2NO3S/c1-8(7-17-2)6-14-18(15,16)11-5-9(12)3-4-10(11)13/h3-5,8,14H,6-7H2,1-2H3. The Balaban J connectivity index is 2.83. The highest BCUT2D eigenvalue weighted by Gasteiger charge is 2.18. The van der Waals surface area contributed by atoms with Gasteiger partial charge in [0.25, 0.3) is 0 Å². The monoisotopic (exact) mass is 399 g/mol. The van der Waals surface area contributed by atoms with Gasteiger partial charge in [-0.1, -0.05) is 22.9 Å². The van der Waals surface area contributed by atoms with Crippen molar-refractivity contribution in [1.82, 2.24) is 4.72 Å². The lowest BCUT2D eigenvalue weighted by atomic mass is 10.2. The van der Waals surface area contributed by atoms with Gasteiger partial charge in [0.05, 0.1) is 4.90 Å². The van der Waals surface area contributed by atoms with E-state index in [4.69, 9.17) is 4.74 Å². The molecule has 1 N–H and O–H groups in total. The summed E-state index contributed by atoms with van der Waals surface area (Å²) < 4.78 is 33.0. The van der Waals surface area contributed by atoms with Gasteiger partial charge in [0.15, 0.2) is 0 Å². The van der Waals surface area contributed by atoms with Crippen LogP contribution >= 0.6 is 31.9 Å². The molecule has 4 nitrogen and oxygen atoms in total. The molecule has 1 aromatic carbocycles. The van der Waals surface area contributed by atoms with Gasteiger partial charge in [-0.05, 0) is 40.0 Å². The van der Waals surface area contributed by atoms with E-state index in [0.29, 0.717) is 17.6 Å². The highest BCUT2D eigenvalue weighted by atomic mass is 79.9. The van der Waals surface area contributed by atoms with E-state index in [1.165, 1.54) is 0 Å². The number of methoxy groups -OCH3 is 1. The van der Waals surface area contributed by atoms with Crippen LogP contribution in [0.4, 0.5) is 0 Å². The Morgan fingerprint density at radius 1 is 1.39 bits per heavy atom. The Hall–Kier alpha value is 0.0500. The smallest absolute Gasteiger partial charge is 0.241 e. The van der Waals surface area contributed by atoms with Crippen LogP contribution in [0, 0.1) is 5.92 Å². The average molecular weight is 401 g/mol. The average Bonchev–Trinajstić information content (AvgIpc) is 2.30. The predicted octanol–water partition coefficient (Wildman–Crippen LogP) is 2.77.